The van der Waals surface area contributed by atoms with Crippen LogP contribution in [0, 0.1) is 11.7 Å². The van der Waals surface area contributed by atoms with Crippen molar-refractivity contribution in [2.24, 2.45) is 5.92 Å². The Bertz CT molecular complexity index is 868. The Morgan fingerprint density at radius 1 is 1.19 bits per heavy atom. The van der Waals surface area contributed by atoms with Crippen LogP contribution in [0.5, 0.6) is 0 Å². The molecule has 4 atom stereocenters. The van der Waals surface area contributed by atoms with Crippen molar-refractivity contribution in [3.63, 3.8) is 0 Å². The number of hydrogen-bond acceptors (Lipinski definition) is 7. The molecular weight excluding hydrogens is 425 g/mol. The van der Waals surface area contributed by atoms with Gasteiger partial charge in [0.25, 0.3) is 0 Å². The topological polar surface area (TPSA) is 94.2 Å². The van der Waals surface area contributed by atoms with Crippen molar-refractivity contribution in [1.82, 2.24) is 25.3 Å². The van der Waals surface area contributed by atoms with Gasteiger partial charge in [-0.25, -0.2) is 9.18 Å². The highest BCUT2D eigenvalue weighted by molar-refractivity contribution is 8.00. The zero-order valence-electron chi connectivity index (χ0n) is 17.4. The second-order valence-corrected chi connectivity index (χ2v) is 8.90. The molecule has 31 heavy (non-hydrogen) atoms. The second kappa shape index (κ2) is 9.11. The minimum Gasteiger partial charge on any atom is -0.378 e. The molecule has 4 unspecified atom stereocenters. The molecule has 11 heteroatoms. The third-order valence-electron chi connectivity index (χ3n) is 5.92. The maximum Gasteiger partial charge on any atom is 0.327 e. The third kappa shape index (κ3) is 4.27. The van der Waals surface area contributed by atoms with Crippen LogP contribution in [0.4, 0.5) is 9.18 Å². The molecule has 3 aliphatic rings. The summed E-state index contributed by atoms with van der Waals surface area (Å²) >= 11 is 1.31. The molecule has 3 aliphatic heterocycles. The van der Waals surface area contributed by atoms with E-state index in [1.807, 2.05) is 0 Å². The summed E-state index contributed by atoms with van der Waals surface area (Å²) < 4.78 is 19.8. The molecule has 3 saturated heterocycles. The van der Waals surface area contributed by atoms with Gasteiger partial charge in [-0.3, -0.25) is 25.1 Å². The third-order valence-corrected chi connectivity index (χ3v) is 7.12. The molecule has 3 heterocycles. The van der Waals surface area contributed by atoms with E-state index in [-0.39, 0.29) is 17.6 Å². The van der Waals surface area contributed by atoms with Crippen LogP contribution < -0.4 is 10.6 Å². The van der Waals surface area contributed by atoms with Crippen LogP contribution in [0.2, 0.25) is 0 Å². The summed E-state index contributed by atoms with van der Waals surface area (Å²) in [6.07, 6.45) is -1.25. The molecule has 2 N–H and O–H groups in total. The SMILES string of the molecule is CN1C(=O)C2C(SCC(=O)N3CCOCC3)NC(c3ccccc3F)NC2N(C)C1=O. The van der Waals surface area contributed by atoms with Crippen molar-refractivity contribution < 1.29 is 23.5 Å². The average Bonchev–Trinajstić information content (AvgIpc) is 2.80. The number of rotatable bonds is 4. The Hall–Kier alpha value is -2.21. The lowest BCUT2D eigenvalue weighted by molar-refractivity contribution is -0.140. The fraction of sp³-hybridized carbons (Fsp3) is 0.550. The van der Waals surface area contributed by atoms with Crippen molar-refractivity contribution in [2.75, 3.05) is 46.2 Å². The lowest BCUT2D eigenvalue weighted by Gasteiger charge is -2.50. The van der Waals surface area contributed by atoms with Gasteiger partial charge in [0, 0.05) is 32.7 Å². The highest BCUT2D eigenvalue weighted by atomic mass is 32.2. The quantitative estimate of drug-likeness (QED) is 0.685. The predicted octanol–water partition coefficient (Wildman–Crippen LogP) is 0.401. The lowest BCUT2D eigenvalue weighted by atomic mass is 9.96. The highest BCUT2D eigenvalue weighted by Gasteiger charge is 2.51. The lowest BCUT2D eigenvalue weighted by Crippen LogP contribution is -2.72. The monoisotopic (exact) mass is 451 g/mol. The first-order chi connectivity index (χ1) is 14.9. The number of urea groups is 1. The first-order valence-electron chi connectivity index (χ1n) is 10.2. The highest BCUT2D eigenvalue weighted by Crippen LogP contribution is 2.35. The molecule has 0 aromatic heterocycles. The minimum atomic E-state index is -0.627. The molecule has 0 saturated carbocycles. The summed E-state index contributed by atoms with van der Waals surface area (Å²) in [5, 5.41) is 6.00. The molecule has 4 rings (SSSR count). The maximum absolute atomic E-state index is 14.5. The van der Waals surface area contributed by atoms with Crippen molar-refractivity contribution in [3.8, 4) is 0 Å². The molecule has 4 amide bonds. The number of amides is 4. The fourth-order valence-electron chi connectivity index (χ4n) is 4.15. The van der Waals surface area contributed by atoms with Gasteiger partial charge in [0.2, 0.25) is 11.8 Å². The Morgan fingerprint density at radius 2 is 1.90 bits per heavy atom. The number of halogens is 1. The molecule has 3 fully saturated rings. The van der Waals surface area contributed by atoms with E-state index in [4.69, 9.17) is 4.74 Å². The van der Waals surface area contributed by atoms with Crippen LogP contribution in [0.1, 0.15) is 11.7 Å². The first kappa shape index (κ1) is 22.0. The zero-order chi connectivity index (χ0) is 22.1. The summed E-state index contributed by atoms with van der Waals surface area (Å²) in [5.74, 6) is -1.23. The van der Waals surface area contributed by atoms with Crippen molar-refractivity contribution >= 4 is 29.6 Å². The van der Waals surface area contributed by atoms with Crippen LogP contribution in [0.15, 0.2) is 24.3 Å². The van der Waals surface area contributed by atoms with Crippen LogP contribution >= 0.6 is 11.8 Å². The van der Waals surface area contributed by atoms with Crippen LogP contribution in [-0.2, 0) is 14.3 Å². The van der Waals surface area contributed by atoms with Gasteiger partial charge in [-0.05, 0) is 6.07 Å². The largest absolute Gasteiger partial charge is 0.378 e. The number of morpholine rings is 1. The van der Waals surface area contributed by atoms with Crippen LogP contribution in [0.3, 0.4) is 0 Å². The Balaban J connectivity index is 1.57. The zero-order valence-corrected chi connectivity index (χ0v) is 18.2. The fourth-order valence-corrected chi connectivity index (χ4v) is 5.36. The molecule has 1 aromatic rings. The van der Waals surface area contributed by atoms with Crippen molar-refractivity contribution in [1.29, 1.82) is 0 Å². The Labute approximate surface area is 184 Å². The number of nitrogens with one attached hydrogen (secondary N) is 2. The molecule has 168 valence electrons. The number of carbonyl (C=O) groups excluding carboxylic acids is 3. The standard InChI is InChI=1S/C20H26FN5O4S/c1-24-17-15(19(28)25(2)20(24)29)18(31-11-14(27)26-7-9-30-10-8-26)23-16(22-17)12-5-3-4-6-13(12)21/h3-6,15-18,22-23H,7-11H2,1-2H3. The van der Waals surface area contributed by atoms with Crippen LogP contribution in [0.25, 0.3) is 0 Å². The predicted molar refractivity (Wildman–Crippen MR) is 112 cm³/mol. The molecular formula is C20H26FN5O4S. The molecule has 0 spiro atoms. The summed E-state index contributed by atoms with van der Waals surface area (Å²) in [7, 11) is 3.06. The van der Waals surface area contributed by atoms with Gasteiger partial charge in [-0.1, -0.05) is 18.2 Å². The van der Waals surface area contributed by atoms with Gasteiger partial charge in [-0.2, -0.15) is 0 Å². The van der Waals surface area contributed by atoms with Crippen molar-refractivity contribution in [3.05, 3.63) is 35.6 Å². The average molecular weight is 452 g/mol. The summed E-state index contributed by atoms with van der Waals surface area (Å²) in [6, 6.07) is 5.92. The van der Waals surface area contributed by atoms with Crippen molar-refractivity contribution in [2.45, 2.75) is 17.7 Å². The van der Waals surface area contributed by atoms with E-state index in [0.29, 0.717) is 31.9 Å². The maximum atomic E-state index is 14.5. The number of fused-ring (bicyclic) bond motifs is 1. The van der Waals surface area contributed by atoms with E-state index in [2.05, 4.69) is 10.6 Å². The normalized spacial score (nSPS) is 29.2. The van der Waals surface area contributed by atoms with E-state index < -0.39 is 35.5 Å². The van der Waals surface area contributed by atoms with Gasteiger partial charge in [0.05, 0.1) is 42.6 Å². The van der Waals surface area contributed by atoms with Gasteiger partial charge < -0.3 is 14.5 Å². The number of nitrogens with zero attached hydrogens (tertiary/aromatic N) is 3. The number of ether oxygens (including phenoxy) is 1. The van der Waals surface area contributed by atoms with E-state index in [1.165, 1.54) is 29.8 Å². The molecule has 1 aromatic carbocycles. The summed E-state index contributed by atoms with van der Waals surface area (Å²) in [6.45, 7) is 2.11. The second-order valence-electron chi connectivity index (χ2n) is 7.77. The van der Waals surface area contributed by atoms with E-state index >= 15 is 0 Å². The molecule has 0 bridgehead atoms. The number of carbonyl (C=O) groups is 3. The van der Waals surface area contributed by atoms with Gasteiger partial charge >= 0.3 is 6.03 Å². The number of hydrogen-bond donors (Lipinski definition) is 2. The molecule has 9 nitrogen and oxygen atoms in total. The molecule has 0 aliphatic carbocycles. The minimum absolute atomic E-state index is 0.0336. The summed E-state index contributed by atoms with van der Waals surface area (Å²) in [4.78, 5) is 42.4. The summed E-state index contributed by atoms with van der Waals surface area (Å²) in [5.41, 5.74) is 0.387. The number of imide groups is 1. The first-order valence-corrected chi connectivity index (χ1v) is 11.2. The van der Waals surface area contributed by atoms with Gasteiger partial charge in [-0.15, -0.1) is 11.8 Å². The van der Waals surface area contributed by atoms with E-state index in [0.717, 1.165) is 4.90 Å². The number of benzene rings is 1. The Kier molecular flexibility index (Phi) is 6.47. The van der Waals surface area contributed by atoms with E-state index in [1.54, 1.807) is 30.1 Å². The number of thioether (sulfide) groups is 1. The van der Waals surface area contributed by atoms with Gasteiger partial charge in [0.15, 0.2) is 0 Å². The van der Waals surface area contributed by atoms with Crippen LogP contribution in [-0.4, -0.2) is 90.2 Å². The Morgan fingerprint density at radius 3 is 2.61 bits per heavy atom. The molecule has 0 radical (unpaired) electrons. The smallest absolute Gasteiger partial charge is 0.327 e. The van der Waals surface area contributed by atoms with E-state index in [9.17, 15) is 18.8 Å². The van der Waals surface area contributed by atoms with Gasteiger partial charge in [0.1, 0.15) is 5.82 Å².